The summed E-state index contributed by atoms with van der Waals surface area (Å²) < 4.78 is 5.22. The van der Waals surface area contributed by atoms with Crippen molar-refractivity contribution in [3.63, 3.8) is 0 Å². The molecule has 1 heterocycles. The van der Waals surface area contributed by atoms with Crippen LogP contribution in [0.1, 0.15) is 65.2 Å². The summed E-state index contributed by atoms with van der Waals surface area (Å²) in [5, 5.41) is 19.1. The Morgan fingerprint density at radius 3 is 2.50 bits per heavy atom. The molecule has 1 saturated carbocycles. The van der Waals surface area contributed by atoms with Crippen LogP contribution in [0, 0.1) is 5.92 Å². The van der Waals surface area contributed by atoms with Crippen LogP contribution in [0.2, 0.25) is 0 Å². The molecule has 1 aliphatic rings. The number of carbonyl (C=O) groups excluding carboxylic acids is 1. The van der Waals surface area contributed by atoms with Gasteiger partial charge in [0.05, 0.1) is 12.1 Å². The molecule has 124 valence electrons. The molecule has 7 heteroatoms. The predicted octanol–water partition coefficient (Wildman–Crippen LogP) is 1.89. The maximum absolute atomic E-state index is 12.1. The zero-order valence-electron chi connectivity index (χ0n) is 13.9. The summed E-state index contributed by atoms with van der Waals surface area (Å²) >= 11 is 0. The number of aromatic nitrogens is 2. The Balaban J connectivity index is 1.95. The molecule has 2 rings (SSSR count). The third-order valence-electron chi connectivity index (χ3n) is 4.04. The lowest BCUT2D eigenvalue weighted by Gasteiger charge is -2.29. The van der Waals surface area contributed by atoms with Crippen LogP contribution in [-0.2, 0) is 5.41 Å². The van der Waals surface area contributed by atoms with Gasteiger partial charge < -0.3 is 20.3 Å². The van der Waals surface area contributed by atoms with Crippen LogP contribution in [0.15, 0.2) is 4.52 Å². The van der Waals surface area contributed by atoms with Crippen LogP contribution in [0.5, 0.6) is 0 Å². The molecular weight excluding hydrogens is 284 g/mol. The van der Waals surface area contributed by atoms with Crippen molar-refractivity contribution in [1.82, 2.24) is 20.8 Å². The van der Waals surface area contributed by atoms with E-state index in [9.17, 15) is 9.90 Å². The third kappa shape index (κ3) is 3.76. The first-order valence-corrected chi connectivity index (χ1v) is 7.69. The van der Waals surface area contributed by atoms with Gasteiger partial charge >= 0.3 is 6.03 Å². The van der Waals surface area contributed by atoms with Gasteiger partial charge in [-0.2, -0.15) is 4.98 Å². The number of amides is 2. The Hall–Kier alpha value is -1.63. The summed E-state index contributed by atoms with van der Waals surface area (Å²) in [5.41, 5.74) is -0.777. The molecule has 7 nitrogen and oxygen atoms in total. The van der Waals surface area contributed by atoms with E-state index >= 15 is 0 Å². The van der Waals surface area contributed by atoms with Gasteiger partial charge in [-0.25, -0.2) is 4.79 Å². The summed E-state index contributed by atoms with van der Waals surface area (Å²) in [6, 6.07) is -0.739. The number of nitrogens with zero attached hydrogens (tertiary/aromatic N) is 2. The molecule has 0 saturated heterocycles. The summed E-state index contributed by atoms with van der Waals surface area (Å²) in [5.74, 6) is 1.32. The lowest BCUT2D eigenvalue weighted by Crippen LogP contribution is -2.54. The van der Waals surface area contributed by atoms with Crippen LogP contribution >= 0.6 is 0 Å². The Morgan fingerprint density at radius 2 is 2.05 bits per heavy atom. The Bertz CT molecular complexity index is 533. The van der Waals surface area contributed by atoms with Gasteiger partial charge in [0.15, 0.2) is 5.82 Å². The second kappa shape index (κ2) is 5.87. The van der Waals surface area contributed by atoms with Gasteiger partial charge in [-0.3, -0.25) is 0 Å². The number of rotatable bonds is 5. The summed E-state index contributed by atoms with van der Waals surface area (Å²) in [4.78, 5) is 16.4. The molecule has 3 N–H and O–H groups in total. The smallest absolute Gasteiger partial charge is 0.315 e. The molecule has 0 aliphatic heterocycles. The van der Waals surface area contributed by atoms with Crippen molar-refractivity contribution in [2.45, 2.75) is 64.5 Å². The van der Waals surface area contributed by atoms with Crippen LogP contribution in [0.4, 0.5) is 4.79 Å². The highest BCUT2D eigenvalue weighted by atomic mass is 16.5. The molecule has 2 unspecified atom stereocenters. The Labute approximate surface area is 130 Å². The molecule has 0 spiro atoms. The van der Waals surface area contributed by atoms with Gasteiger partial charge in [0.1, 0.15) is 6.04 Å². The first-order valence-electron chi connectivity index (χ1n) is 7.69. The lowest BCUT2D eigenvalue weighted by molar-refractivity contribution is 0.153. The van der Waals surface area contributed by atoms with Crippen molar-refractivity contribution in [1.29, 1.82) is 0 Å². The standard InChI is InChI=1S/C15H26N4O3/c1-9(11-17-12(19-22-11)14(2,3)4)16-13(21)18-15(5,8-20)10-6-7-10/h9-10,20H,6-8H2,1-5H3,(H2,16,18,21). The van der Waals surface area contributed by atoms with Crippen molar-refractivity contribution in [2.24, 2.45) is 5.92 Å². The minimum absolute atomic E-state index is 0.0752. The molecule has 0 bridgehead atoms. The highest BCUT2D eigenvalue weighted by Crippen LogP contribution is 2.39. The van der Waals surface area contributed by atoms with E-state index in [4.69, 9.17) is 4.52 Å². The number of hydrogen-bond acceptors (Lipinski definition) is 5. The summed E-state index contributed by atoms with van der Waals surface area (Å²) in [7, 11) is 0. The minimum atomic E-state index is -0.574. The SMILES string of the molecule is CC(NC(=O)NC(C)(CO)C1CC1)c1nc(C(C)(C)C)no1. The highest BCUT2D eigenvalue weighted by Gasteiger charge is 2.42. The van der Waals surface area contributed by atoms with Gasteiger partial charge in [0.2, 0.25) is 5.89 Å². The average Bonchev–Trinajstić information content (AvgIpc) is 3.14. The number of hydrogen-bond donors (Lipinski definition) is 3. The normalized spacial score (nSPS) is 19.4. The number of aliphatic hydroxyl groups is 1. The monoisotopic (exact) mass is 310 g/mol. The molecule has 2 amide bonds. The average molecular weight is 310 g/mol. The van der Waals surface area contributed by atoms with Crippen molar-refractivity contribution in [3.8, 4) is 0 Å². The van der Waals surface area contributed by atoms with Crippen molar-refractivity contribution in [2.75, 3.05) is 6.61 Å². The van der Waals surface area contributed by atoms with Crippen LogP contribution in [0.25, 0.3) is 0 Å². The zero-order valence-corrected chi connectivity index (χ0v) is 13.9. The van der Waals surface area contributed by atoms with E-state index in [-0.39, 0.29) is 18.1 Å². The number of urea groups is 1. The van der Waals surface area contributed by atoms with Gasteiger partial charge in [0.25, 0.3) is 0 Å². The van der Waals surface area contributed by atoms with E-state index in [1.54, 1.807) is 6.92 Å². The van der Waals surface area contributed by atoms with E-state index in [0.717, 1.165) is 12.8 Å². The van der Waals surface area contributed by atoms with Gasteiger partial charge in [-0.15, -0.1) is 0 Å². The van der Waals surface area contributed by atoms with E-state index in [1.807, 2.05) is 27.7 Å². The van der Waals surface area contributed by atoms with Crippen molar-refractivity contribution >= 4 is 6.03 Å². The Morgan fingerprint density at radius 1 is 1.41 bits per heavy atom. The second-order valence-electron chi connectivity index (χ2n) is 7.38. The fourth-order valence-electron chi connectivity index (χ4n) is 2.26. The topological polar surface area (TPSA) is 100 Å². The Kier molecular flexibility index (Phi) is 4.47. The van der Waals surface area contributed by atoms with E-state index < -0.39 is 11.6 Å². The number of nitrogens with one attached hydrogen (secondary N) is 2. The zero-order chi connectivity index (χ0) is 16.5. The number of aliphatic hydroxyl groups excluding tert-OH is 1. The fraction of sp³-hybridized carbons (Fsp3) is 0.800. The van der Waals surface area contributed by atoms with E-state index in [0.29, 0.717) is 17.6 Å². The van der Waals surface area contributed by atoms with Crippen LogP contribution < -0.4 is 10.6 Å². The molecule has 1 fully saturated rings. The molecule has 1 aliphatic carbocycles. The molecular formula is C15H26N4O3. The van der Waals surface area contributed by atoms with Gasteiger partial charge in [-0.05, 0) is 32.6 Å². The largest absolute Gasteiger partial charge is 0.394 e. The van der Waals surface area contributed by atoms with Crippen LogP contribution in [0.3, 0.4) is 0 Å². The van der Waals surface area contributed by atoms with Gasteiger partial charge in [-0.1, -0.05) is 25.9 Å². The molecule has 1 aromatic rings. The molecule has 1 aromatic heterocycles. The molecule has 2 atom stereocenters. The quantitative estimate of drug-likeness (QED) is 0.771. The lowest BCUT2D eigenvalue weighted by atomic mass is 9.96. The van der Waals surface area contributed by atoms with Crippen molar-refractivity contribution < 1.29 is 14.4 Å². The highest BCUT2D eigenvalue weighted by molar-refractivity contribution is 5.75. The van der Waals surface area contributed by atoms with Crippen molar-refractivity contribution in [3.05, 3.63) is 11.7 Å². The van der Waals surface area contributed by atoms with Crippen LogP contribution in [-0.4, -0.2) is 33.4 Å². The summed E-state index contributed by atoms with van der Waals surface area (Å²) in [6.07, 6.45) is 2.07. The van der Waals surface area contributed by atoms with E-state index in [1.165, 1.54) is 0 Å². The number of carbonyl (C=O) groups is 1. The fourth-order valence-corrected chi connectivity index (χ4v) is 2.26. The first-order chi connectivity index (χ1) is 10.2. The summed E-state index contributed by atoms with van der Waals surface area (Å²) in [6.45, 7) is 9.55. The molecule has 0 aromatic carbocycles. The minimum Gasteiger partial charge on any atom is -0.394 e. The maximum atomic E-state index is 12.1. The maximum Gasteiger partial charge on any atom is 0.315 e. The van der Waals surface area contributed by atoms with Gasteiger partial charge in [0, 0.05) is 5.41 Å². The predicted molar refractivity (Wildman–Crippen MR) is 81.3 cm³/mol. The molecule has 22 heavy (non-hydrogen) atoms. The first kappa shape index (κ1) is 16.7. The molecule has 0 radical (unpaired) electrons. The second-order valence-corrected chi connectivity index (χ2v) is 7.38. The third-order valence-corrected chi connectivity index (χ3v) is 4.04. The van der Waals surface area contributed by atoms with E-state index in [2.05, 4.69) is 20.8 Å².